The molecule has 0 N–H and O–H groups in total. The lowest BCUT2D eigenvalue weighted by Gasteiger charge is -2.27. The first-order valence-corrected chi connectivity index (χ1v) is 6.60. The van der Waals surface area contributed by atoms with E-state index in [-0.39, 0.29) is 36.6 Å². The molecule has 0 radical (unpaired) electrons. The first kappa shape index (κ1) is 14.2. The Hall–Kier alpha value is -2.17. The molecule has 0 aliphatic carbocycles. The lowest BCUT2D eigenvalue weighted by molar-refractivity contribution is -0.122. The van der Waals surface area contributed by atoms with Crippen molar-refractivity contribution >= 4 is 29.0 Å². The normalized spacial score (nSPS) is 18.6. The van der Waals surface area contributed by atoms with E-state index < -0.39 is 0 Å². The molecular weight excluding hydrogens is 256 g/mol. The number of carbonyl (C=O) groups is 3. The molecule has 0 spiro atoms. The van der Waals surface area contributed by atoms with Crippen LogP contribution in [-0.2, 0) is 14.4 Å². The zero-order valence-corrected chi connectivity index (χ0v) is 11.9. The van der Waals surface area contributed by atoms with Crippen molar-refractivity contribution in [2.24, 2.45) is 0 Å². The molecule has 0 fully saturated rings. The number of hydrogen-bond acceptors (Lipinski definition) is 3. The molecule has 0 aromatic heterocycles. The van der Waals surface area contributed by atoms with Crippen molar-refractivity contribution in [3.05, 3.63) is 24.3 Å². The van der Waals surface area contributed by atoms with Crippen LogP contribution in [0.1, 0.15) is 27.2 Å². The van der Waals surface area contributed by atoms with Crippen molar-refractivity contribution in [1.82, 2.24) is 0 Å². The minimum absolute atomic E-state index is 0.0360. The van der Waals surface area contributed by atoms with Gasteiger partial charge in [0.15, 0.2) is 0 Å². The Balaban J connectivity index is 2.57. The first-order chi connectivity index (χ1) is 9.41. The van der Waals surface area contributed by atoms with Crippen LogP contribution in [0.15, 0.2) is 24.3 Å². The summed E-state index contributed by atoms with van der Waals surface area (Å²) in [5.74, 6) is -0.330. The maximum absolute atomic E-state index is 12.3. The van der Waals surface area contributed by atoms with Crippen LogP contribution in [0.2, 0.25) is 0 Å². The summed E-state index contributed by atoms with van der Waals surface area (Å²) in [6.07, 6.45) is 0.210. The van der Waals surface area contributed by atoms with E-state index in [0.29, 0.717) is 11.4 Å². The fraction of sp³-hybridized carbons (Fsp3) is 0.400. The second-order valence-corrected chi connectivity index (χ2v) is 5.11. The third-order valence-electron chi connectivity index (χ3n) is 3.36. The number of rotatable bonds is 2. The molecule has 0 saturated heterocycles. The molecule has 5 heteroatoms. The van der Waals surface area contributed by atoms with Gasteiger partial charge in [-0.15, -0.1) is 0 Å². The van der Waals surface area contributed by atoms with E-state index in [1.54, 1.807) is 23.1 Å². The van der Waals surface area contributed by atoms with Crippen LogP contribution in [0.3, 0.4) is 0 Å². The number of para-hydroxylation sites is 2. The van der Waals surface area contributed by atoms with E-state index in [1.807, 2.05) is 13.0 Å². The molecule has 1 aliphatic rings. The van der Waals surface area contributed by atoms with E-state index in [2.05, 4.69) is 0 Å². The Bertz CT molecular complexity index is 568. The Morgan fingerprint density at radius 2 is 1.80 bits per heavy atom. The van der Waals surface area contributed by atoms with Crippen molar-refractivity contribution in [3.8, 4) is 0 Å². The summed E-state index contributed by atoms with van der Waals surface area (Å²) >= 11 is 0. The molecule has 106 valence electrons. The van der Waals surface area contributed by atoms with Crippen LogP contribution in [-0.4, -0.2) is 30.2 Å². The number of fused-ring (bicyclic) bond motifs is 1. The largest absolute Gasteiger partial charge is 0.307 e. The number of hydrogen-bond donors (Lipinski definition) is 0. The zero-order valence-electron chi connectivity index (χ0n) is 11.9. The SMILES string of the molecule is CC(=O)CN1C(=O)C[C@@H](C)N(C(C)=O)c2ccccc21. The van der Waals surface area contributed by atoms with Gasteiger partial charge in [-0.3, -0.25) is 14.4 Å². The third kappa shape index (κ3) is 2.57. The molecule has 1 aromatic carbocycles. The van der Waals surface area contributed by atoms with Gasteiger partial charge >= 0.3 is 0 Å². The summed E-state index contributed by atoms with van der Waals surface area (Å²) in [7, 11) is 0. The van der Waals surface area contributed by atoms with Gasteiger partial charge in [-0.05, 0) is 26.0 Å². The number of carbonyl (C=O) groups excluding carboxylic acids is 3. The molecule has 0 saturated carbocycles. The second kappa shape index (κ2) is 5.45. The molecule has 1 aliphatic heterocycles. The van der Waals surface area contributed by atoms with Crippen LogP contribution in [0.25, 0.3) is 0 Å². The maximum atomic E-state index is 12.3. The smallest absolute Gasteiger partial charge is 0.229 e. The molecule has 2 amide bonds. The summed E-state index contributed by atoms with van der Waals surface area (Å²) in [6, 6.07) is 6.97. The van der Waals surface area contributed by atoms with Crippen molar-refractivity contribution < 1.29 is 14.4 Å². The zero-order chi connectivity index (χ0) is 14.9. The second-order valence-electron chi connectivity index (χ2n) is 5.11. The standard InChI is InChI=1S/C15H18N2O3/c1-10-8-15(20)16(9-11(2)18)13-6-4-5-7-14(13)17(10)12(3)19/h4-7,10H,8-9H2,1-3H3/t10-/m1/s1. The van der Waals surface area contributed by atoms with Crippen molar-refractivity contribution in [2.75, 3.05) is 16.3 Å². The van der Waals surface area contributed by atoms with Gasteiger partial charge in [-0.25, -0.2) is 0 Å². The summed E-state index contributed by atoms with van der Waals surface area (Å²) in [4.78, 5) is 38.7. The quantitative estimate of drug-likeness (QED) is 0.825. The van der Waals surface area contributed by atoms with Gasteiger partial charge in [0.1, 0.15) is 5.78 Å². The van der Waals surface area contributed by atoms with Gasteiger partial charge in [-0.1, -0.05) is 12.1 Å². The van der Waals surface area contributed by atoms with Crippen LogP contribution in [0.5, 0.6) is 0 Å². The average Bonchev–Trinajstić information content (AvgIpc) is 2.45. The topological polar surface area (TPSA) is 57.7 Å². The fourth-order valence-corrected chi connectivity index (χ4v) is 2.60. The lowest BCUT2D eigenvalue weighted by Crippen LogP contribution is -2.38. The van der Waals surface area contributed by atoms with Crippen molar-refractivity contribution in [2.45, 2.75) is 33.2 Å². The molecule has 20 heavy (non-hydrogen) atoms. The van der Waals surface area contributed by atoms with E-state index in [4.69, 9.17) is 0 Å². The summed E-state index contributed by atoms with van der Waals surface area (Å²) in [5.41, 5.74) is 1.30. The molecule has 0 bridgehead atoms. The highest BCUT2D eigenvalue weighted by molar-refractivity contribution is 6.07. The third-order valence-corrected chi connectivity index (χ3v) is 3.36. The molecule has 1 atom stereocenters. The average molecular weight is 274 g/mol. The van der Waals surface area contributed by atoms with Crippen LogP contribution < -0.4 is 9.80 Å². The number of amides is 2. The van der Waals surface area contributed by atoms with Crippen LogP contribution in [0, 0.1) is 0 Å². The van der Waals surface area contributed by atoms with E-state index >= 15 is 0 Å². The number of nitrogens with zero attached hydrogens (tertiary/aromatic N) is 2. The molecule has 1 aromatic rings. The molecular formula is C15H18N2O3. The van der Waals surface area contributed by atoms with E-state index in [0.717, 1.165) is 0 Å². The first-order valence-electron chi connectivity index (χ1n) is 6.60. The molecule has 1 heterocycles. The van der Waals surface area contributed by atoms with Crippen LogP contribution in [0.4, 0.5) is 11.4 Å². The minimum atomic E-state index is -0.224. The van der Waals surface area contributed by atoms with Crippen molar-refractivity contribution in [3.63, 3.8) is 0 Å². The van der Waals surface area contributed by atoms with Gasteiger partial charge in [0.25, 0.3) is 0 Å². The van der Waals surface area contributed by atoms with Gasteiger partial charge in [0, 0.05) is 19.4 Å². The highest BCUT2D eigenvalue weighted by Crippen LogP contribution is 2.34. The van der Waals surface area contributed by atoms with Crippen molar-refractivity contribution in [1.29, 1.82) is 0 Å². The number of ketones is 1. The summed E-state index contributed by atoms with van der Waals surface area (Å²) in [6.45, 7) is 4.81. The predicted octanol–water partition coefficient (Wildman–Crippen LogP) is 1.75. The monoisotopic (exact) mass is 274 g/mol. The molecule has 0 unspecified atom stereocenters. The maximum Gasteiger partial charge on any atom is 0.229 e. The summed E-state index contributed by atoms with van der Waals surface area (Å²) in [5, 5.41) is 0. The molecule has 5 nitrogen and oxygen atoms in total. The lowest BCUT2D eigenvalue weighted by atomic mass is 10.2. The highest BCUT2D eigenvalue weighted by atomic mass is 16.2. The number of anilines is 2. The minimum Gasteiger partial charge on any atom is -0.307 e. The van der Waals surface area contributed by atoms with Gasteiger partial charge in [0.2, 0.25) is 11.8 Å². The Morgan fingerprint density at radius 1 is 1.20 bits per heavy atom. The van der Waals surface area contributed by atoms with Gasteiger partial charge < -0.3 is 9.80 Å². The van der Waals surface area contributed by atoms with E-state index in [1.165, 1.54) is 18.7 Å². The highest BCUT2D eigenvalue weighted by Gasteiger charge is 2.32. The number of benzene rings is 1. The Morgan fingerprint density at radius 3 is 2.35 bits per heavy atom. The Labute approximate surface area is 118 Å². The molecule has 2 rings (SSSR count). The fourth-order valence-electron chi connectivity index (χ4n) is 2.60. The predicted molar refractivity (Wildman–Crippen MR) is 76.7 cm³/mol. The van der Waals surface area contributed by atoms with E-state index in [9.17, 15) is 14.4 Å². The van der Waals surface area contributed by atoms with Gasteiger partial charge in [0.05, 0.1) is 17.9 Å². The Kier molecular flexibility index (Phi) is 3.88. The summed E-state index contributed by atoms with van der Waals surface area (Å²) < 4.78 is 0. The van der Waals surface area contributed by atoms with Gasteiger partial charge in [-0.2, -0.15) is 0 Å². The number of Topliss-reactive ketones (excluding diaryl/α,β-unsaturated/α-hetero) is 1. The van der Waals surface area contributed by atoms with Crippen LogP contribution >= 0.6 is 0 Å².